The molecule has 134 valence electrons. The van der Waals surface area contributed by atoms with E-state index < -0.39 is 17.5 Å². The summed E-state index contributed by atoms with van der Waals surface area (Å²) < 4.78 is 45.0. The van der Waals surface area contributed by atoms with Crippen LogP contribution in [-0.2, 0) is 6.54 Å². The third kappa shape index (κ3) is 4.00. The highest BCUT2D eigenvalue weighted by Gasteiger charge is 2.14. The maximum absolute atomic E-state index is 13.7. The van der Waals surface area contributed by atoms with Gasteiger partial charge in [0.05, 0.1) is 19.0 Å². The van der Waals surface area contributed by atoms with Gasteiger partial charge in [0.15, 0.2) is 23.3 Å². The third-order valence-electron chi connectivity index (χ3n) is 3.47. The molecule has 2 aromatic carbocycles. The van der Waals surface area contributed by atoms with Crippen LogP contribution < -0.4 is 15.4 Å². The molecular formula is C17H14F3N5O. The first kappa shape index (κ1) is 17.5. The number of nitrogens with one attached hydrogen (secondary N) is 2. The standard InChI is InChI=1S/C17H14F3N5O/c1-26-11-4-2-10(3-5-11)8-21-17-24-14(9-22-25-17)23-13-7-6-12(18)15(19)16(13)20/h2-7,9H,8H2,1H3,(H2,21,23,24,25). The van der Waals surface area contributed by atoms with Crippen LogP contribution in [0.4, 0.5) is 30.6 Å². The van der Waals surface area contributed by atoms with Gasteiger partial charge in [0.1, 0.15) is 5.75 Å². The van der Waals surface area contributed by atoms with Crippen molar-refractivity contribution in [1.82, 2.24) is 15.2 Å². The van der Waals surface area contributed by atoms with Crippen LogP contribution in [0.1, 0.15) is 5.56 Å². The predicted molar refractivity (Wildman–Crippen MR) is 89.7 cm³/mol. The minimum atomic E-state index is -1.56. The molecule has 0 aliphatic rings. The average Bonchev–Trinajstić information content (AvgIpc) is 2.67. The number of hydrogen-bond acceptors (Lipinski definition) is 6. The smallest absolute Gasteiger partial charge is 0.244 e. The van der Waals surface area contributed by atoms with Gasteiger partial charge in [-0.3, -0.25) is 0 Å². The Bertz CT molecular complexity index is 905. The maximum Gasteiger partial charge on any atom is 0.244 e. The Morgan fingerprint density at radius 1 is 1.00 bits per heavy atom. The Kier molecular flexibility index (Phi) is 5.16. The summed E-state index contributed by atoms with van der Waals surface area (Å²) in [5.41, 5.74) is 0.699. The molecule has 6 nitrogen and oxygen atoms in total. The fourth-order valence-electron chi connectivity index (χ4n) is 2.12. The molecule has 2 N–H and O–H groups in total. The van der Waals surface area contributed by atoms with Crippen molar-refractivity contribution in [1.29, 1.82) is 0 Å². The van der Waals surface area contributed by atoms with Gasteiger partial charge in [-0.25, -0.2) is 13.2 Å². The first-order valence-electron chi connectivity index (χ1n) is 7.54. The van der Waals surface area contributed by atoms with E-state index in [1.165, 1.54) is 6.20 Å². The molecule has 0 spiro atoms. The summed E-state index contributed by atoms with van der Waals surface area (Å²) in [6.07, 6.45) is 1.24. The van der Waals surface area contributed by atoms with Gasteiger partial charge in [0.2, 0.25) is 5.95 Å². The minimum absolute atomic E-state index is 0.127. The summed E-state index contributed by atoms with van der Waals surface area (Å²) in [6.45, 7) is 0.425. The van der Waals surface area contributed by atoms with Crippen LogP contribution in [0.2, 0.25) is 0 Å². The van der Waals surface area contributed by atoms with Gasteiger partial charge in [-0.15, -0.1) is 5.10 Å². The van der Waals surface area contributed by atoms with Crippen LogP contribution in [0.25, 0.3) is 0 Å². The van der Waals surface area contributed by atoms with E-state index in [-0.39, 0.29) is 17.5 Å². The van der Waals surface area contributed by atoms with Gasteiger partial charge in [0.25, 0.3) is 0 Å². The van der Waals surface area contributed by atoms with Crippen LogP contribution in [-0.4, -0.2) is 22.3 Å². The number of benzene rings is 2. The summed E-state index contributed by atoms with van der Waals surface area (Å²) in [6, 6.07) is 9.27. The molecule has 1 heterocycles. The van der Waals surface area contributed by atoms with Crippen LogP contribution in [0.15, 0.2) is 42.6 Å². The fourth-order valence-corrected chi connectivity index (χ4v) is 2.12. The zero-order valence-corrected chi connectivity index (χ0v) is 13.6. The molecule has 0 amide bonds. The van der Waals surface area contributed by atoms with Crippen molar-refractivity contribution in [3.63, 3.8) is 0 Å². The van der Waals surface area contributed by atoms with Gasteiger partial charge in [-0.1, -0.05) is 12.1 Å². The van der Waals surface area contributed by atoms with Crippen molar-refractivity contribution in [3.8, 4) is 5.75 Å². The second-order valence-corrected chi connectivity index (χ2v) is 5.21. The van der Waals surface area contributed by atoms with Crippen LogP contribution in [0.3, 0.4) is 0 Å². The summed E-state index contributed by atoms with van der Waals surface area (Å²) in [5, 5.41) is 13.1. The summed E-state index contributed by atoms with van der Waals surface area (Å²) in [5.74, 6) is -3.11. The number of halogens is 3. The quantitative estimate of drug-likeness (QED) is 0.653. The van der Waals surface area contributed by atoms with Gasteiger partial charge in [-0.05, 0) is 29.8 Å². The summed E-state index contributed by atoms with van der Waals surface area (Å²) in [4.78, 5) is 4.11. The average molecular weight is 361 g/mol. The van der Waals surface area contributed by atoms with E-state index in [2.05, 4.69) is 25.8 Å². The van der Waals surface area contributed by atoms with E-state index in [1.54, 1.807) is 7.11 Å². The Morgan fingerprint density at radius 2 is 1.77 bits per heavy atom. The van der Waals surface area contributed by atoms with Crippen molar-refractivity contribution in [2.24, 2.45) is 0 Å². The lowest BCUT2D eigenvalue weighted by molar-refractivity contribution is 0.414. The third-order valence-corrected chi connectivity index (χ3v) is 3.47. The summed E-state index contributed by atoms with van der Waals surface area (Å²) in [7, 11) is 1.58. The number of nitrogens with zero attached hydrogens (tertiary/aromatic N) is 3. The monoisotopic (exact) mass is 361 g/mol. The molecule has 0 atom stereocenters. The highest BCUT2D eigenvalue weighted by Crippen LogP contribution is 2.22. The lowest BCUT2D eigenvalue weighted by Crippen LogP contribution is -2.07. The molecule has 0 aliphatic heterocycles. The van der Waals surface area contributed by atoms with E-state index >= 15 is 0 Å². The molecule has 9 heteroatoms. The topological polar surface area (TPSA) is 72.0 Å². The maximum atomic E-state index is 13.7. The van der Waals surface area contributed by atoms with E-state index in [1.807, 2.05) is 24.3 Å². The second kappa shape index (κ2) is 7.68. The Morgan fingerprint density at radius 3 is 2.50 bits per heavy atom. The largest absolute Gasteiger partial charge is 0.497 e. The van der Waals surface area contributed by atoms with Crippen molar-refractivity contribution in [3.05, 3.63) is 65.6 Å². The first-order valence-corrected chi connectivity index (χ1v) is 7.54. The van der Waals surface area contributed by atoms with Gasteiger partial charge in [0, 0.05) is 6.54 Å². The Balaban J connectivity index is 1.69. The van der Waals surface area contributed by atoms with Gasteiger partial charge in [-0.2, -0.15) is 10.1 Å². The lowest BCUT2D eigenvalue weighted by Gasteiger charge is -2.09. The van der Waals surface area contributed by atoms with E-state index in [4.69, 9.17) is 4.74 Å². The molecule has 1 aromatic heterocycles. The fraction of sp³-hybridized carbons (Fsp3) is 0.118. The van der Waals surface area contributed by atoms with E-state index in [0.29, 0.717) is 6.54 Å². The predicted octanol–water partition coefficient (Wildman–Crippen LogP) is 3.65. The Hall–Kier alpha value is -3.36. The number of rotatable bonds is 6. The summed E-state index contributed by atoms with van der Waals surface area (Å²) >= 11 is 0. The second-order valence-electron chi connectivity index (χ2n) is 5.21. The molecule has 0 saturated carbocycles. The number of anilines is 3. The molecule has 3 rings (SSSR count). The molecule has 26 heavy (non-hydrogen) atoms. The Labute approximate surface area is 147 Å². The van der Waals surface area contributed by atoms with Crippen molar-refractivity contribution in [2.45, 2.75) is 6.54 Å². The highest BCUT2D eigenvalue weighted by atomic mass is 19.2. The van der Waals surface area contributed by atoms with Crippen LogP contribution in [0.5, 0.6) is 5.75 Å². The molecule has 0 saturated heterocycles. The van der Waals surface area contributed by atoms with E-state index in [9.17, 15) is 13.2 Å². The number of aromatic nitrogens is 3. The molecular weight excluding hydrogens is 347 g/mol. The molecule has 0 unspecified atom stereocenters. The molecule has 0 aliphatic carbocycles. The zero-order valence-electron chi connectivity index (χ0n) is 13.6. The number of hydrogen-bond donors (Lipinski definition) is 2. The SMILES string of the molecule is COc1ccc(CNc2nncc(Nc3ccc(F)c(F)c3F)n2)cc1. The lowest BCUT2D eigenvalue weighted by atomic mass is 10.2. The molecule has 0 bridgehead atoms. The van der Waals surface area contributed by atoms with Crippen LogP contribution in [0, 0.1) is 17.5 Å². The van der Waals surface area contributed by atoms with Gasteiger partial charge < -0.3 is 15.4 Å². The van der Waals surface area contributed by atoms with Crippen molar-refractivity contribution in [2.75, 3.05) is 17.7 Å². The van der Waals surface area contributed by atoms with Crippen molar-refractivity contribution >= 4 is 17.5 Å². The molecule has 0 fully saturated rings. The zero-order chi connectivity index (χ0) is 18.5. The number of methoxy groups -OCH3 is 1. The van der Waals surface area contributed by atoms with Crippen LogP contribution >= 0.6 is 0 Å². The first-order chi connectivity index (χ1) is 12.6. The number of ether oxygens (including phenoxy) is 1. The normalized spacial score (nSPS) is 10.5. The van der Waals surface area contributed by atoms with E-state index in [0.717, 1.165) is 23.4 Å². The minimum Gasteiger partial charge on any atom is -0.497 e. The molecule has 0 radical (unpaired) electrons. The van der Waals surface area contributed by atoms with Crippen molar-refractivity contribution < 1.29 is 17.9 Å². The van der Waals surface area contributed by atoms with Gasteiger partial charge >= 0.3 is 0 Å². The highest BCUT2D eigenvalue weighted by molar-refractivity contribution is 5.57. The molecule has 3 aromatic rings.